The van der Waals surface area contributed by atoms with Crippen molar-refractivity contribution in [2.24, 2.45) is 0 Å². The van der Waals surface area contributed by atoms with Crippen LogP contribution in [0.15, 0.2) is 119 Å². The Labute approximate surface area is 294 Å². The molecule has 0 unspecified atom stereocenters. The van der Waals surface area contributed by atoms with Gasteiger partial charge in [-0.15, -0.1) is 0 Å². The summed E-state index contributed by atoms with van der Waals surface area (Å²) in [6.45, 7) is 5.84. The quantitative estimate of drug-likeness (QED) is 0.157. The minimum Gasteiger partial charge on any atom is -0.464 e. The van der Waals surface area contributed by atoms with Gasteiger partial charge in [-0.3, -0.25) is 0 Å². The van der Waals surface area contributed by atoms with Gasteiger partial charge in [0, 0.05) is 44.9 Å². The van der Waals surface area contributed by atoms with Crippen molar-refractivity contribution in [2.75, 3.05) is 7.11 Å². The van der Waals surface area contributed by atoms with Gasteiger partial charge < -0.3 is 9.72 Å². The number of esters is 1. The molecule has 0 aliphatic carbocycles. The third kappa shape index (κ3) is 5.24. The number of carbonyl (C=O) groups excluding carboxylic acids is 1. The highest BCUT2D eigenvalue weighted by Gasteiger charge is 2.31. The molecule has 0 bridgehead atoms. The fourth-order valence-corrected chi connectivity index (χ4v) is 9.52. The Morgan fingerprint density at radius 2 is 1.32 bits per heavy atom. The first-order chi connectivity index (χ1) is 23.9. The van der Waals surface area contributed by atoms with E-state index < -0.39 is 26.0 Å². The molecule has 0 saturated heterocycles. The number of carbonyl (C=O) groups is 1. The Balaban J connectivity index is 1.48. The summed E-state index contributed by atoms with van der Waals surface area (Å²) in [6.07, 6.45) is 3.00. The molecule has 0 saturated carbocycles. The van der Waals surface area contributed by atoms with Crippen molar-refractivity contribution in [2.45, 2.75) is 36.5 Å². The fraction of sp³-hybridized carbons (Fsp3) is 0.132. The Morgan fingerprint density at radius 1 is 0.720 bits per heavy atom. The predicted octanol–water partition coefficient (Wildman–Crippen LogP) is 8.60. The number of hydrogen-bond acceptors (Lipinski definition) is 6. The lowest BCUT2D eigenvalue weighted by Gasteiger charge is -2.15. The van der Waals surface area contributed by atoms with Crippen molar-refractivity contribution >= 4 is 59.4 Å². The number of nitrogens with one attached hydrogen (secondary N) is 1. The Morgan fingerprint density at radius 3 is 1.94 bits per heavy atom. The Hall–Kier alpha value is -5.10. The van der Waals surface area contributed by atoms with E-state index in [-0.39, 0.29) is 21.4 Å². The van der Waals surface area contributed by atoms with Gasteiger partial charge in [0.2, 0.25) is 0 Å². The summed E-state index contributed by atoms with van der Waals surface area (Å²) in [5, 5.41) is 1.46. The van der Waals surface area contributed by atoms with Crippen molar-refractivity contribution in [1.82, 2.24) is 12.9 Å². The second-order valence-corrected chi connectivity index (χ2v) is 16.3. The smallest absolute Gasteiger partial charge is 0.355 e. The van der Waals surface area contributed by atoms with Gasteiger partial charge in [0.1, 0.15) is 5.69 Å². The maximum atomic E-state index is 13.8. The first kappa shape index (κ1) is 33.4. The zero-order valence-electron chi connectivity index (χ0n) is 27.5. The molecule has 0 spiro atoms. The van der Waals surface area contributed by atoms with Crippen LogP contribution in [0.3, 0.4) is 0 Å². The summed E-state index contributed by atoms with van der Waals surface area (Å²) in [4.78, 5) is 17.1. The van der Waals surface area contributed by atoms with Crippen molar-refractivity contribution in [3.8, 4) is 22.4 Å². The van der Waals surface area contributed by atoms with Gasteiger partial charge in [-0.05, 0) is 73.0 Å². The number of H-pyrrole nitrogens is 1. The minimum absolute atomic E-state index is 0.125. The molecule has 0 amide bonds. The van der Waals surface area contributed by atoms with Crippen molar-refractivity contribution in [3.63, 3.8) is 0 Å². The van der Waals surface area contributed by atoms with Gasteiger partial charge in [-0.2, -0.15) is 0 Å². The zero-order chi connectivity index (χ0) is 35.5. The number of ether oxygens (including phenoxy) is 1. The van der Waals surface area contributed by atoms with E-state index in [0.29, 0.717) is 49.2 Å². The number of methoxy groups -OCH3 is 1. The van der Waals surface area contributed by atoms with Crippen LogP contribution in [-0.4, -0.2) is 42.8 Å². The average molecular weight is 726 g/mol. The molecular formula is C38H32ClN3O6S2. The number of fused-ring (bicyclic) bond motifs is 2. The number of rotatable bonds is 8. The molecule has 4 aromatic carbocycles. The normalized spacial score (nSPS) is 12.3. The lowest BCUT2D eigenvalue weighted by atomic mass is 9.89. The maximum Gasteiger partial charge on any atom is 0.355 e. The molecule has 1 N–H and O–H groups in total. The molecule has 0 aliphatic heterocycles. The summed E-state index contributed by atoms with van der Waals surface area (Å²) in [5.41, 5.74) is 4.80. The van der Waals surface area contributed by atoms with E-state index in [9.17, 15) is 21.6 Å². The molecule has 0 radical (unpaired) electrons. The van der Waals surface area contributed by atoms with E-state index >= 15 is 0 Å². The van der Waals surface area contributed by atoms with Crippen LogP contribution >= 0.6 is 11.6 Å². The minimum atomic E-state index is -3.96. The molecule has 0 aliphatic rings. The van der Waals surface area contributed by atoms with E-state index in [0.717, 1.165) is 11.1 Å². The van der Waals surface area contributed by atoms with E-state index in [2.05, 4.69) is 4.98 Å². The monoisotopic (exact) mass is 725 g/mol. The third-order valence-electron chi connectivity index (χ3n) is 8.89. The lowest BCUT2D eigenvalue weighted by Crippen LogP contribution is -2.11. The van der Waals surface area contributed by atoms with Gasteiger partial charge in [0.05, 0.1) is 33.6 Å². The molecule has 7 aromatic rings. The van der Waals surface area contributed by atoms with Crippen LogP contribution < -0.4 is 0 Å². The lowest BCUT2D eigenvalue weighted by molar-refractivity contribution is 0.0595. The number of aromatic amines is 1. The first-order valence-electron chi connectivity index (χ1n) is 15.7. The summed E-state index contributed by atoms with van der Waals surface area (Å²) in [5.74, 6) is -0.839. The summed E-state index contributed by atoms with van der Waals surface area (Å²) < 4.78 is 62.7. The maximum absolute atomic E-state index is 13.8. The fourth-order valence-electron chi connectivity index (χ4n) is 6.55. The number of nitrogens with zero attached hydrogens (tertiary/aromatic N) is 2. The number of hydrogen-bond donors (Lipinski definition) is 1. The van der Waals surface area contributed by atoms with Crippen LogP contribution in [0.1, 0.15) is 41.4 Å². The van der Waals surface area contributed by atoms with Crippen LogP contribution in [-0.2, 0) is 24.8 Å². The number of aromatic nitrogens is 3. The molecule has 7 rings (SSSR count). The highest BCUT2D eigenvalue weighted by Crippen LogP contribution is 2.47. The molecule has 9 nitrogen and oxygen atoms in total. The standard InChI is InChI=1S/C38H32ClN3O6S2/c1-23(2)33-35(34-29-20-22-42(32(29)18-17-30(34)39)49(44,45)25-9-6-5-7-10-25)37(38(43)48-4)40-36(33)28-11-8-12-31-27(28)19-21-41(31)50(46,47)26-15-13-24(3)14-16-26/h5-23,40H,1-4H3. The second-order valence-electron chi connectivity index (χ2n) is 12.3. The van der Waals surface area contributed by atoms with E-state index in [4.69, 9.17) is 16.3 Å². The largest absolute Gasteiger partial charge is 0.464 e. The molecule has 3 heterocycles. The van der Waals surface area contributed by atoms with Gasteiger partial charge >= 0.3 is 5.97 Å². The summed E-state index contributed by atoms with van der Waals surface area (Å²) in [6, 6.07) is 26.8. The molecule has 3 aromatic heterocycles. The summed E-state index contributed by atoms with van der Waals surface area (Å²) in [7, 11) is -6.61. The van der Waals surface area contributed by atoms with E-state index in [1.165, 1.54) is 39.6 Å². The predicted molar refractivity (Wildman–Crippen MR) is 196 cm³/mol. The van der Waals surface area contributed by atoms with Crippen molar-refractivity contribution < 1.29 is 26.4 Å². The van der Waals surface area contributed by atoms with Crippen LogP contribution in [0.4, 0.5) is 0 Å². The second kappa shape index (κ2) is 12.3. The van der Waals surface area contributed by atoms with Crippen LogP contribution in [0.2, 0.25) is 5.02 Å². The van der Waals surface area contributed by atoms with Crippen LogP contribution in [0, 0.1) is 6.92 Å². The zero-order valence-corrected chi connectivity index (χ0v) is 29.9. The Bertz CT molecular complexity index is 2670. The number of halogens is 1. The summed E-state index contributed by atoms with van der Waals surface area (Å²) >= 11 is 6.95. The number of benzene rings is 4. The third-order valence-corrected chi connectivity index (χ3v) is 12.6. The van der Waals surface area contributed by atoms with Crippen molar-refractivity contribution in [1.29, 1.82) is 0 Å². The molecule has 12 heteroatoms. The van der Waals surface area contributed by atoms with Crippen LogP contribution in [0.5, 0.6) is 0 Å². The topological polar surface area (TPSA) is 120 Å². The van der Waals surface area contributed by atoms with Gasteiger partial charge in [-0.1, -0.05) is 73.5 Å². The van der Waals surface area contributed by atoms with Gasteiger partial charge in [-0.25, -0.2) is 29.6 Å². The van der Waals surface area contributed by atoms with Gasteiger partial charge in [0.25, 0.3) is 20.0 Å². The van der Waals surface area contributed by atoms with E-state index in [1.807, 2.05) is 26.8 Å². The molecular weight excluding hydrogens is 694 g/mol. The van der Waals surface area contributed by atoms with Crippen molar-refractivity contribution in [3.05, 3.63) is 131 Å². The molecule has 50 heavy (non-hydrogen) atoms. The highest BCUT2D eigenvalue weighted by atomic mass is 35.5. The molecule has 0 atom stereocenters. The molecule has 0 fully saturated rings. The van der Waals surface area contributed by atoms with Crippen LogP contribution in [0.25, 0.3) is 44.2 Å². The SMILES string of the molecule is COC(=O)c1[nH]c(-c2cccc3c2ccn3S(=O)(=O)c2ccc(C)cc2)c(C(C)C)c1-c1c(Cl)ccc2c1ccn2S(=O)(=O)c1ccccc1. The average Bonchev–Trinajstić information content (AvgIpc) is 3.84. The highest BCUT2D eigenvalue weighted by molar-refractivity contribution is 7.90. The molecule has 254 valence electrons. The van der Waals surface area contributed by atoms with Gasteiger partial charge in [0.15, 0.2) is 0 Å². The first-order valence-corrected chi connectivity index (χ1v) is 19.0. The Kier molecular flexibility index (Phi) is 8.25. The number of aryl methyl sites for hydroxylation is 1. The van der Waals surface area contributed by atoms with E-state index in [1.54, 1.807) is 78.9 Å².